The maximum absolute atomic E-state index is 10.4. The molecule has 0 spiro atoms. The molecule has 0 saturated carbocycles. The van der Waals surface area contributed by atoms with Crippen LogP contribution in [-0.4, -0.2) is 5.11 Å². The van der Waals surface area contributed by atoms with E-state index in [9.17, 15) is 5.11 Å². The SMILES string of the molecule is CCCCCCCCCCC(C)(O)c1cccs1. The molecule has 0 fully saturated rings. The Kier molecular flexibility index (Phi) is 7.60. The fourth-order valence-corrected chi connectivity index (χ4v) is 3.13. The van der Waals surface area contributed by atoms with Crippen LogP contribution in [0.5, 0.6) is 0 Å². The van der Waals surface area contributed by atoms with Crippen molar-refractivity contribution in [3.8, 4) is 0 Å². The highest BCUT2D eigenvalue weighted by molar-refractivity contribution is 7.10. The van der Waals surface area contributed by atoms with Crippen LogP contribution < -0.4 is 0 Å². The molecule has 104 valence electrons. The lowest BCUT2D eigenvalue weighted by molar-refractivity contribution is 0.0486. The van der Waals surface area contributed by atoms with E-state index in [-0.39, 0.29) is 0 Å². The number of hydrogen-bond donors (Lipinski definition) is 1. The second-order valence-corrected chi connectivity index (χ2v) is 6.42. The van der Waals surface area contributed by atoms with Crippen molar-refractivity contribution in [2.75, 3.05) is 0 Å². The first-order chi connectivity index (χ1) is 8.67. The maximum Gasteiger partial charge on any atom is 0.0959 e. The monoisotopic (exact) mass is 268 g/mol. The third-order valence-electron chi connectivity index (χ3n) is 3.57. The second kappa shape index (κ2) is 8.71. The summed E-state index contributed by atoms with van der Waals surface area (Å²) in [6.45, 7) is 4.20. The molecule has 0 aliphatic carbocycles. The summed E-state index contributed by atoms with van der Waals surface area (Å²) in [5, 5.41) is 12.4. The predicted molar refractivity (Wildman–Crippen MR) is 81.1 cm³/mol. The average molecular weight is 268 g/mol. The van der Waals surface area contributed by atoms with Crippen molar-refractivity contribution < 1.29 is 5.11 Å². The summed E-state index contributed by atoms with van der Waals surface area (Å²) in [4.78, 5) is 1.10. The van der Waals surface area contributed by atoms with Crippen LogP contribution in [0.3, 0.4) is 0 Å². The van der Waals surface area contributed by atoms with Crippen molar-refractivity contribution in [2.45, 2.75) is 77.2 Å². The summed E-state index contributed by atoms with van der Waals surface area (Å²) in [7, 11) is 0. The lowest BCUT2D eigenvalue weighted by Crippen LogP contribution is -2.19. The largest absolute Gasteiger partial charge is 0.385 e. The highest BCUT2D eigenvalue weighted by Gasteiger charge is 2.22. The maximum atomic E-state index is 10.4. The van der Waals surface area contributed by atoms with Crippen LogP contribution in [0.25, 0.3) is 0 Å². The van der Waals surface area contributed by atoms with Crippen molar-refractivity contribution in [1.82, 2.24) is 0 Å². The van der Waals surface area contributed by atoms with E-state index in [1.807, 2.05) is 24.4 Å². The number of hydrogen-bond acceptors (Lipinski definition) is 2. The summed E-state index contributed by atoms with van der Waals surface area (Å²) in [6.07, 6.45) is 11.5. The minimum absolute atomic E-state index is 0.615. The lowest BCUT2D eigenvalue weighted by atomic mass is 9.96. The van der Waals surface area contributed by atoms with Crippen molar-refractivity contribution in [1.29, 1.82) is 0 Å². The minimum Gasteiger partial charge on any atom is -0.385 e. The molecule has 2 heteroatoms. The Balaban J connectivity index is 2.04. The smallest absolute Gasteiger partial charge is 0.0959 e. The van der Waals surface area contributed by atoms with Crippen LogP contribution in [-0.2, 0) is 5.60 Å². The minimum atomic E-state index is -0.615. The van der Waals surface area contributed by atoms with Crippen LogP contribution in [0.1, 0.15) is 76.5 Å². The van der Waals surface area contributed by atoms with Gasteiger partial charge in [-0.15, -0.1) is 11.3 Å². The van der Waals surface area contributed by atoms with Crippen LogP contribution in [0.4, 0.5) is 0 Å². The number of unbranched alkanes of at least 4 members (excludes halogenated alkanes) is 7. The van der Waals surface area contributed by atoms with E-state index in [1.165, 1.54) is 44.9 Å². The molecular formula is C16H28OS. The molecule has 1 rings (SSSR count). The van der Waals surface area contributed by atoms with Gasteiger partial charge in [0.15, 0.2) is 0 Å². The Hall–Kier alpha value is -0.340. The lowest BCUT2D eigenvalue weighted by Gasteiger charge is -2.21. The molecule has 0 bridgehead atoms. The standard InChI is InChI=1S/C16H28OS/c1-3-4-5-6-7-8-9-10-13-16(2,17)15-12-11-14-18-15/h11-12,14,17H,3-10,13H2,1-2H3. The van der Waals surface area contributed by atoms with E-state index in [1.54, 1.807) is 11.3 Å². The normalized spacial score (nSPS) is 14.6. The van der Waals surface area contributed by atoms with Gasteiger partial charge in [0.2, 0.25) is 0 Å². The van der Waals surface area contributed by atoms with Gasteiger partial charge in [0, 0.05) is 4.88 Å². The zero-order valence-corrected chi connectivity index (χ0v) is 12.8. The Bertz CT molecular complexity index is 290. The van der Waals surface area contributed by atoms with Gasteiger partial charge in [0.05, 0.1) is 5.60 Å². The molecule has 0 radical (unpaired) electrons. The number of aliphatic hydroxyl groups is 1. The summed E-state index contributed by atoms with van der Waals surface area (Å²) < 4.78 is 0. The number of rotatable bonds is 10. The zero-order valence-electron chi connectivity index (χ0n) is 12.0. The van der Waals surface area contributed by atoms with Gasteiger partial charge in [-0.1, -0.05) is 64.4 Å². The van der Waals surface area contributed by atoms with Crippen LogP contribution in [0.15, 0.2) is 17.5 Å². The van der Waals surface area contributed by atoms with Gasteiger partial charge in [-0.25, -0.2) is 0 Å². The molecule has 0 aromatic carbocycles. The van der Waals surface area contributed by atoms with Gasteiger partial charge in [-0.3, -0.25) is 0 Å². The molecule has 18 heavy (non-hydrogen) atoms. The van der Waals surface area contributed by atoms with Gasteiger partial charge in [-0.2, -0.15) is 0 Å². The molecular weight excluding hydrogens is 240 g/mol. The van der Waals surface area contributed by atoms with E-state index in [0.717, 1.165) is 17.7 Å². The molecule has 1 unspecified atom stereocenters. The summed E-state index contributed by atoms with van der Waals surface area (Å²) >= 11 is 1.66. The van der Waals surface area contributed by atoms with E-state index >= 15 is 0 Å². The highest BCUT2D eigenvalue weighted by atomic mass is 32.1. The molecule has 1 N–H and O–H groups in total. The van der Waals surface area contributed by atoms with Crippen molar-refractivity contribution in [3.63, 3.8) is 0 Å². The van der Waals surface area contributed by atoms with Crippen LogP contribution in [0, 0.1) is 0 Å². The molecule has 0 saturated heterocycles. The second-order valence-electron chi connectivity index (χ2n) is 5.48. The zero-order chi connectivity index (χ0) is 13.3. The van der Waals surface area contributed by atoms with Gasteiger partial charge in [0.25, 0.3) is 0 Å². The third-order valence-corrected chi connectivity index (χ3v) is 4.69. The van der Waals surface area contributed by atoms with Gasteiger partial charge in [-0.05, 0) is 24.8 Å². The summed E-state index contributed by atoms with van der Waals surface area (Å²) in [5.74, 6) is 0. The fraction of sp³-hybridized carbons (Fsp3) is 0.750. The number of thiophene rings is 1. The van der Waals surface area contributed by atoms with E-state index in [4.69, 9.17) is 0 Å². The van der Waals surface area contributed by atoms with E-state index in [0.29, 0.717) is 0 Å². The predicted octanol–water partition coefficient (Wildman–Crippen LogP) is 5.49. The molecule has 1 heterocycles. The Morgan fingerprint density at radius 2 is 1.67 bits per heavy atom. The average Bonchev–Trinajstić information content (AvgIpc) is 2.87. The van der Waals surface area contributed by atoms with E-state index in [2.05, 4.69) is 6.92 Å². The Labute approximate surface area is 116 Å². The van der Waals surface area contributed by atoms with Crippen LogP contribution in [0.2, 0.25) is 0 Å². The third kappa shape index (κ3) is 6.01. The van der Waals surface area contributed by atoms with Crippen LogP contribution >= 0.6 is 11.3 Å². The van der Waals surface area contributed by atoms with E-state index < -0.39 is 5.60 Å². The summed E-state index contributed by atoms with van der Waals surface area (Å²) in [6, 6.07) is 4.05. The van der Waals surface area contributed by atoms with Gasteiger partial charge >= 0.3 is 0 Å². The Morgan fingerprint density at radius 1 is 1.06 bits per heavy atom. The fourth-order valence-electron chi connectivity index (χ4n) is 2.31. The molecule has 0 amide bonds. The molecule has 1 aromatic rings. The molecule has 1 atom stereocenters. The molecule has 1 aromatic heterocycles. The molecule has 1 nitrogen and oxygen atoms in total. The first-order valence-electron chi connectivity index (χ1n) is 7.43. The first kappa shape index (κ1) is 15.7. The molecule has 0 aliphatic heterocycles. The first-order valence-corrected chi connectivity index (χ1v) is 8.31. The summed E-state index contributed by atoms with van der Waals surface area (Å²) in [5.41, 5.74) is -0.615. The van der Waals surface area contributed by atoms with Crippen molar-refractivity contribution in [3.05, 3.63) is 22.4 Å². The van der Waals surface area contributed by atoms with Crippen molar-refractivity contribution >= 4 is 11.3 Å². The van der Waals surface area contributed by atoms with Gasteiger partial charge in [0.1, 0.15) is 0 Å². The Morgan fingerprint density at radius 3 is 2.22 bits per heavy atom. The van der Waals surface area contributed by atoms with Gasteiger partial charge < -0.3 is 5.11 Å². The van der Waals surface area contributed by atoms with Crippen molar-refractivity contribution in [2.24, 2.45) is 0 Å². The quantitative estimate of drug-likeness (QED) is 0.557. The topological polar surface area (TPSA) is 20.2 Å². The molecule has 0 aliphatic rings. The highest BCUT2D eigenvalue weighted by Crippen LogP contribution is 2.30.